The normalized spacial score (nSPS) is 15.2. The number of carbonyl (C=O) groups excluding carboxylic acids is 3. The topological polar surface area (TPSA) is 122 Å². The highest BCUT2D eigenvalue weighted by atomic mass is 19.1. The first-order valence-corrected chi connectivity index (χ1v) is 9.84. The third kappa shape index (κ3) is 6.82. The minimum absolute atomic E-state index is 0.0485. The molecule has 0 spiro atoms. The van der Waals surface area contributed by atoms with E-state index in [-0.39, 0.29) is 12.5 Å². The summed E-state index contributed by atoms with van der Waals surface area (Å²) in [7, 11) is 0. The van der Waals surface area contributed by atoms with Crippen LogP contribution < -0.4 is 10.6 Å². The molecule has 0 aliphatic heterocycles. The summed E-state index contributed by atoms with van der Waals surface area (Å²) < 4.78 is 17.9. The van der Waals surface area contributed by atoms with Gasteiger partial charge >= 0.3 is 12.1 Å². The quantitative estimate of drug-likeness (QED) is 0.503. The number of ketones is 1. The van der Waals surface area contributed by atoms with Crippen molar-refractivity contribution in [3.05, 3.63) is 35.4 Å². The van der Waals surface area contributed by atoms with Crippen LogP contribution in [0.3, 0.4) is 0 Å². The number of alkyl carbamates (subject to hydrolysis) is 1. The van der Waals surface area contributed by atoms with Gasteiger partial charge in [-0.05, 0) is 35.8 Å². The standard InChI is InChI=1S/C21H27FN2O6/c1-12(2)19(20(28)23-16(9-18(26)27)17(25)10-22)24-21(29)30-11-14-5-3-4-6-15(14)13-7-8-13/h3-6,12-13,16,19H,7-11H2,1-2H3,(H,23,28)(H,24,29)(H,26,27)/t16?,19-/m0/s1. The Morgan fingerprint density at radius 3 is 2.40 bits per heavy atom. The van der Waals surface area contributed by atoms with Gasteiger partial charge in [0.15, 0.2) is 5.78 Å². The van der Waals surface area contributed by atoms with Gasteiger partial charge in [0.25, 0.3) is 0 Å². The van der Waals surface area contributed by atoms with Crippen molar-refractivity contribution in [1.29, 1.82) is 0 Å². The predicted molar refractivity (Wildman–Crippen MR) is 106 cm³/mol. The number of carboxylic acids is 1. The largest absolute Gasteiger partial charge is 0.481 e. The Kier molecular flexibility index (Phi) is 8.32. The second-order valence-electron chi connectivity index (χ2n) is 7.67. The van der Waals surface area contributed by atoms with E-state index < -0.39 is 48.9 Å². The van der Waals surface area contributed by atoms with Crippen LogP contribution in [0.4, 0.5) is 9.18 Å². The lowest BCUT2D eigenvalue weighted by Gasteiger charge is -2.24. The average molecular weight is 422 g/mol. The highest BCUT2D eigenvalue weighted by Gasteiger charge is 2.30. The molecule has 0 aromatic heterocycles. The lowest BCUT2D eigenvalue weighted by molar-refractivity contribution is -0.140. The molecule has 9 heteroatoms. The van der Waals surface area contributed by atoms with Gasteiger partial charge in [-0.2, -0.15) is 0 Å². The fourth-order valence-corrected chi connectivity index (χ4v) is 3.08. The molecule has 8 nitrogen and oxygen atoms in total. The molecule has 1 aromatic rings. The van der Waals surface area contributed by atoms with Crippen LogP contribution in [-0.2, 0) is 25.7 Å². The monoisotopic (exact) mass is 422 g/mol. The van der Waals surface area contributed by atoms with E-state index in [1.165, 1.54) is 0 Å². The van der Waals surface area contributed by atoms with Crippen LogP contribution in [0.15, 0.2) is 24.3 Å². The van der Waals surface area contributed by atoms with Gasteiger partial charge in [-0.15, -0.1) is 0 Å². The Bertz CT molecular complexity index is 793. The van der Waals surface area contributed by atoms with E-state index in [0.717, 1.165) is 24.0 Å². The van der Waals surface area contributed by atoms with Crippen molar-refractivity contribution in [2.75, 3.05) is 6.67 Å². The molecular weight excluding hydrogens is 395 g/mol. The van der Waals surface area contributed by atoms with Gasteiger partial charge in [0.05, 0.1) is 6.42 Å². The van der Waals surface area contributed by atoms with E-state index in [1.54, 1.807) is 13.8 Å². The molecule has 30 heavy (non-hydrogen) atoms. The Morgan fingerprint density at radius 2 is 1.83 bits per heavy atom. The molecule has 1 fully saturated rings. The van der Waals surface area contributed by atoms with Gasteiger partial charge < -0.3 is 20.5 Å². The Morgan fingerprint density at radius 1 is 1.17 bits per heavy atom. The number of aliphatic carboxylic acids is 1. The number of carbonyl (C=O) groups is 4. The maximum Gasteiger partial charge on any atom is 0.408 e. The molecule has 0 bridgehead atoms. The number of rotatable bonds is 11. The van der Waals surface area contributed by atoms with E-state index in [2.05, 4.69) is 10.6 Å². The molecule has 1 aliphatic rings. The van der Waals surface area contributed by atoms with Gasteiger partial charge in [-0.3, -0.25) is 14.4 Å². The number of hydrogen-bond acceptors (Lipinski definition) is 5. The maximum atomic E-state index is 12.7. The third-order valence-electron chi connectivity index (χ3n) is 4.87. The maximum absolute atomic E-state index is 12.7. The average Bonchev–Trinajstić information content (AvgIpc) is 3.54. The van der Waals surface area contributed by atoms with Crippen LogP contribution in [0.25, 0.3) is 0 Å². The van der Waals surface area contributed by atoms with Gasteiger partial charge in [-0.25, -0.2) is 9.18 Å². The number of hydrogen-bond donors (Lipinski definition) is 3. The molecule has 0 radical (unpaired) electrons. The molecule has 0 heterocycles. The van der Waals surface area contributed by atoms with Gasteiger partial charge in [0, 0.05) is 0 Å². The molecule has 2 rings (SSSR count). The van der Waals surface area contributed by atoms with E-state index >= 15 is 0 Å². The number of carboxylic acid groups (broad SMARTS) is 1. The molecule has 2 amide bonds. The zero-order chi connectivity index (χ0) is 22.3. The zero-order valence-electron chi connectivity index (χ0n) is 17.0. The van der Waals surface area contributed by atoms with E-state index in [1.807, 2.05) is 24.3 Å². The summed E-state index contributed by atoms with van der Waals surface area (Å²) in [6.07, 6.45) is 0.643. The number of Topliss-reactive ketones (excluding diaryl/α,β-unsaturated/α-hetero) is 1. The summed E-state index contributed by atoms with van der Waals surface area (Å²) in [6.45, 7) is 1.97. The Balaban J connectivity index is 1.96. The number of halogens is 1. The molecule has 0 saturated heterocycles. The molecule has 3 N–H and O–H groups in total. The van der Waals surface area contributed by atoms with Crippen molar-refractivity contribution in [3.63, 3.8) is 0 Å². The molecule has 1 unspecified atom stereocenters. The SMILES string of the molecule is CC(C)[C@H](NC(=O)OCc1ccccc1C1CC1)C(=O)NC(CC(=O)O)C(=O)CF. The predicted octanol–water partition coefficient (Wildman–Crippen LogP) is 2.31. The lowest BCUT2D eigenvalue weighted by Crippen LogP contribution is -2.54. The van der Waals surface area contributed by atoms with Crippen LogP contribution in [0, 0.1) is 5.92 Å². The highest BCUT2D eigenvalue weighted by Crippen LogP contribution is 2.41. The van der Waals surface area contributed by atoms with Crippen molar-refractivity contribution in [2.45, 2.75) is 57.7 Å². The molecule has 1 aromatic carbocycles. The molecule has 1 aliphatic carbocycles. The third-order valence-corrected chi connectivity index (χ3v) is 4.87. The van der Waals surface area contributed by atoms with Crippen molar-refractivity contribution < 1.29 is 33.4 Å². The zero-order valence-corrected chi connectivity index (χ0v) is 17.0. The van der Waals surface area contributed by atoms with Crippen LogP contribution in [-0.4, -0.2) is 47.6 Å². The molecular formula is C21H27FN2O6. The molecule has 164 valence electrons. The summed E-state index contributed by atoms with van der Waals surface area (Å²) in [4.78, 5) is 47.2. The number of nitrogens with one attached hydrogen (secondary N) is 2. The minimum Gasteiger partial charge on any atom is -0.481 e. The van der Waals surface area contributed by atoms with Crippen LogP contribution in [0.5, 0.6) is 0 Å². The van der Waals surface area contributed by atoms with Crippen LogP contribution >= 0.6 is 0 Å². The van der Waals surface area contributed by atoms with Crippen LogP contribution in [0.2, 0.25) is 0 Å². The number of benzene rings is 1. The van der Waals surface area contributed by atoms with E-state index in [9.17, 15) is 23.6 Å². The Hall–Kier alpha value is -2.97. The smallest absolute Gasteiger partial charge is 0.408 e. The first-order valence-electron chi connectivity index (χ1n) is 9.84. The van der Waals surface area contributed by atoms with E-state index in [0.29, 0.717) is 5.92 Å². The van der Waals surface area contributed by atoms with Crippen molar-refractivity contribution >= 4 is 23.8 Å². The van der Waals surface area contributed by atoms with Gasteiger partial charge in [0.1, 0.15) is 25.4 Å². The Labute approximate surface area is 174 Å². The van der Waals surface area contributed by atoms with Gasteiger partial charge in [-0.1, -0.05) is 38.1 Å². The minimum atomic E-state index is -1.51. The fourth-order valence-electron chi connectivity index (χ4n) is 3.08. The molecule has 1 saturated carbocycles. The fraction of sp³-hybridized carbons (Fsp3) is 0.524. The second kappa shape index (κ2) is 10.7. The lowest BCUT2D eigenvalue weighted by atomic mass is 10.0. The van der Waals surface area contributed by atoms with Crippen molar-refractivity contribution in [1.82, 2.24) is 10.6 Å². The highest BCUT2D eigenvalue weighted by molar-refractivity contribution is 5.94. The van der Waals surface area contributed by atoms with Crippen molar-refractivity contribution in [2.24, 2.45) is 5.92 Å². The first kappa shape index (κ1) is 23.3. The second-order valence-corrected chi connectivity index (χ2v) is 7.67. The van der Waals surface area contributed by atoms with Crippen molar-refractivity contribution in [3.8, 4) is 0 Å². The first-order chi connectivity index (χ1) is 14.2. The van der Waals surface area contributed by atoms with Crippen LogP contribution in [0.1, 0.15) is 50.2 Å². The number of alkyl halides is 1. The number of ether oxygens (including phenoxy) is 1. The molecule has 2 atom stereocenters. The summed E-state index contributed by atoms with van der Waals surface area (Å²) in [6, 6.07) is 5.08. The van der Waals surface area contributed by atoms with E-state index in [4.69, 9.17) is 9.84 Å². The summed E-state index contributed by atoms with van der Waals surface area (Å²) in [5.74, 6) is -3.09. The summed E-state index contributed by atoms with van der Waals surface area (Å²) >= 11 is 0. The summed E-state index contributed by atoms with van der Waals surface area (Å²) in [5, 5.41) is 13.5. The summed E-state index contributed by atoms with van der Waals surface area (Å²) in [5.41, 5.74) is 2.04. The number of amides is 2. The van der Waals surface area contributed by atoms with Gasteiger partial charge in [0.2, 0.25) is 5.91 Å².